The van der Waals surface area contributed by atoms with Crippen molar-refractivity contribution in [2.75, 3.05) is 0 Å². The van der Waals surface area contributed by atoms with Gasteiger partial charge in [-0.2, -0.15) is 0 Å². The van der Waals surface area contributed by atoms with E-state index in [1.54, 1.807) is 0 Å². The lowest BCUT2D eigenvalue weighted by atomic mass is 9.82. The predicted octanol–water partition coefficient (Wildman–Crippen LogP) is 2.69. The van der Waals surface area contributed by atoms with Crippen LogP contribution in [0.15, 0.2) is 0 Å². The van der Waals surface area contributed by atoms with Gasteiger partial charge in [0.05, 0.1) is 0 Å². The van der Waals surface area contributed by atoms with E-state index in [1.807, 2.05) is 6.92 Å². The summed E-state index contributed by atoms with van der Waals surface area (Å²) in [5.41, 5.74) is 0.189. The summed E-state index contributed by atoms with van der Waals surface area (Å²) in [7, 11) is 0. The van der Waals surface area contributed by atoms with E-state index in [0.29, 0.717) is 5.92 Å². The molecule has 9 heavy (non-hydrogen) atoms. The van der Waals surface area contributed by atoms with Crippen molar-refractivity contribution in [3.63, 3.8) is 0 Å². The van der Waals surface area contributed by atoms with Crippen LogP contribution in [0.3, 0.4) is 0 Å². The van der Waals surface area contributed by atoms with Crippen LogP contribution >= 0.6 is 0 Å². The van der Waals surface area contributed by atoms with Crippen LogP contribution in [0.2, 0.25) is 0 Å². The fourth-order valence-electron chi connectivity index (χ4n) is 0.467. The fraction of sp³-hybridized carbons (Fsp3) is 0.778. The molecule has 0 spiro atoms. The molecule has 0 nitrogen and oxygen atoms in total. The zero-order chi connectivity index (χ0) is 7.49. The quantitative estimate of drug-likeness (QED) is 0.471. The highest BCUT2D eigenvalue weighted by Gasteiger charge is 2.18. The van der Waals surface area contributed by atoms with Gasteiger partial charge >= 0.3 is 0 Å². The maximum absolute atomic E-state index is 3.17. The predicted molar refractivity (Wildman–Crippen MR) is 42.1 cm³/mol. The molecule has 0 heterocycles. The summed E-state index contributed by atoms with van der Waals surface area (Å²) >= 11 is 0. The van der Waals surface area contributed by atoms with E-state index in [-0.39, 0.29) is 5.41 Å². The third kappa shape index (κ3) is 2.56. The normalized spacial score (nSPS) is 10.9. The van der Waals surface area contributed by atoms with Gasteiger partial charge in [-0.1, -0.05) is 19.8 Å². The van der Waals surface area contributed by atoms with E-state index in [1.165, 1.54) is 0 Å². The van der Waals surface area contributed by atoms with Crippen LogP contribution < -0.4 is 0 Å². The Bertz CT molecular complexity index is 130. The molecular weight excluding hydrogens is 108 g/mol. The lowest BCUT2D eigenvalue weighted by molar-refractivity contribution is 0.350. The summed E-state index contributed by atoms with van der Waals surface area (Å²) in [6.45, 7) is 10.6. The molecule has 0 unspecified atom stereocenters. The van der Waals surface area contributed by atoms with E-state index >= 15 is 0 Å². The zero-order valence-corrected chi connectivity index (χ0v) is 7.08. The molecule has 0 aliphatic carbocycles. The lowest BCUT2D eigenvalue weighted by Crippen LogP contribution is -2.15. The van der Waals surface area contributed by atoms with Crippen LogP contribution in [-0.2, 0) is 0 Å². The molecule has 0 N–H and O–H groups in total. The van der Waals surface area contributed by atoms with Gasteiger partial charge in [0.2, 0.25) is 0 Å². The second kappa shape index (κ2) is 2.92. The molecule has 0 atom stereocenters. The van der Waals surface area contributed by atoms with Gasteiger partial charge in [0.1, 0.15) is 0 Å². The lowest BCUT2D eigenvalue weighted by Gasteiger charge is -2.21. The van der Waals surface area contributed by atoms with Gasteiger partial charge in [0.25, 0.3) is 0 Å². The minimum absolute atomic E-state index is 0.189. The summed E-state index contributed by atoms with van der Waals surface area (Å²) in [4.78, 5) is 0. The van der Waals surface area contributed by atoms with Crippen molar-refractivity contribution < 1.29 is 0 Å². The van der Waals surface area contributed by atoms with E-state index in [2.05, 4.69) is 39.5 Å². The molecule has 52 valence electrons. The average molecular weight is 124 g/mol. The van der Waals surface area contributed by atoms with E-state index in [0.717, 1.165) is 0 Å². The van der Waals surface area contributed by atoms with Crippen molar-refractivity contribution in [2.24, 2.45) is 11.3 Å². The molecule has 0 heteroatoms. The Kier molecular flexibility index (Phi) is 2.77. The zero-order valence-electron chi connectivity index (χ0n) is 7.08. The maximum atomic E-state index is 3.17. The summed E-state index contributed by atoms with van der Waals surface area (Å²) in [5.74, 6) is 6.75. The van der Waals surface area contributed by atoms with E-state index in [4.69, 9.17) is 0 Å². The van der Waals surface area contributed by atoms with Gasteiger partial charge in [0, 0.05) is 5.41 Å². The smallest absolute Gasteiger partial charge is 0.0281 e. The molecule has 0 aliphatic heterocycles. The summed E-state index contributed by atoms with van der Waals surface area (Å²) < 4.78 is 0. The van der Waals surface area contributed by atoms with Gasteiger partial charge in [-0.3, -0.25) is 0 Å². The second-order valence-electron chi connectivity index (χ2n) is 3.25. The number of rotatable bonds is 1. The third-order valence-electron chi connectivity index (χ3n) is 1.89. The molecule has 0 saturated carbocycles. The molecule has 0 rings (SSSR count). The number of hydrogen-bond donors (Lipinski definition) is 0. The highest BCUT2D eigenvalue weighted by molar-refractivity contribution is 5.07. The van der Waals surface area contributed by atoms with Crippen LogP contribution in [0, 0.1) is 23.2 Å². The first-order valence-corrected chi connectivity index (χ1v) is 3.44. The van der Waals surface area contributed by atoms with Gasteiger partial charge < -0.3 is 0 Å². The molecule has 0 aromatic heterocycles. The molecule has 0 saturated heterocycles. The highest BCUT2D eigenvalue weighted by Crippen LogP contribution is 2.24. The standard InChI is InChI=1S/C9H16/c1-6-7-9(4,5)8(2)3/h8H,1-5H3. The molecule has 0 radical (unpaired) electrons. The average Bonchev–Trinajstić information content (AvgIpc) is 1.65. The minimum atomic E-state index is 0.189. The van der Waals surface area contributed by atoms with Crippen molar-refractivity contribution >= 4 is 0 Å². The van der Waals surface area contributed by atoms with Crippen molar-refractivity contribution in [1.29, 1.82) is 0 Å². The summed E-state index contributed by atoms with van der Waals surface area (Å²) in [6, 6.07) is 0. The molecular formula is C9H16. The Balaban J connectivity index is 4.13. The summed E-state index contributed by atoms with van der Waals surface area (Å²) in [6.07, 6.45) is 0. The first kappa shape index (κ1) is 8.56. The van der Waals surface area contributed by atoms with E-state index in [9.17, 15) is 0 Å². The van der Waals surface area contributed by atoms with Gasteiger partial charge in [0.15, 0.2) is 0 Å². The first-order valence-electron chi connectivity index (χ1n) is 3.44. The van der Waals surface area contributed by atoms with Crippen LogP contribution in [0.5, 0.6) is 0 Å². The fourth-order valence-corrected chi connectivity index (χ4v) is 0.467. The molecule has 0 fully saturated rings. The van der Waals surface area contributed by atoms with Crippen molar-refractivity contribution in [3.05, 3.63) is 0 Å². The topological polar surface area (TPSA) is 0 Å². The molecule has 0 aliphatic rings. The monoisotopic (exact) mass is 124 g/mol. The number of hydrogen-bond acceptors (Lipinski definition) is 0. The van der Waals surface area contributed by atoms with Crippen LogP contribution in [-0.4, -0.2) is 0 Å². The maximum Gasteiger partial charge on any atom is 0.0281 e. The summed E-state index contributed by atoms with van der Waals surface area (Å²) in [5, 5.41) is 0. The largest absolute Gasteiger partial charge is 0.106 e. The molecule has 0 aromatic rings. The molecule has 0 bridgehead atoms. The van der Waals surface area contributed by atoms with Gasteiger partial charge in [-0.15, -0.1) is 5.92 Å². The highest BCUT2D eigenvalue weighted by atomic mass is 14.2. The third-order valence-corrected chi connectivity index (χ3v) is 1.89. The van der Waals surface area contributed by atoms with Crippen molar-refractivity contribution in [2.45, 2.75) is 34.6 Å². The van der Waals surface area contributed by atoms with Crippen molar-refractivity contribution in [1.82, 2.24) is 0 Å². The first-order chi connectivity index (χ1) is 4.00. The van der Waals surface area contributed by atoms with E-state index < -0.39 is 0 Å². The Morgan fingerprint density at radius 2 is 1.67 bits per heavy atom. The molecule has 0 aromatic carbocycles. The SMILES string of the molecule is CC#CC(C)(C)C(C)C. The Morgan fingerprint density at radius 3 is 1.78 bits per heavy atom. The van der Waals surface area contributed by atoms with Crippen LogP contribution in [0.25, 0.3) is 0 Å². The van der Waals surface area contributed by atoms with Crippen LogP contribution in [0.1, 0.15) is 34.6 Å². The van der Waals surface area contributed by atoms with Crippen LogP contribution in [0.4, 0.5) is 0 Å². The van der Waals surface area contributed by atoms with Gasteiger partial charge in [-0.05, 0) is 26.7 Å². The Morgan fingerprint density at radius 1 is 1.22 bits per heavy atom. The van der Waals surface area contributed by atoms with Crippen molar-refractivity contribution in [3.8, 4) is 11.8 Å². The molecule has 0 amide bonds. The Hall–Kier alpha value is -0.440. The minimum Gasteiger partial charge on any atom is -0.106 e. The second-order valence-corrected chi connectivity index (χ2v) is 3.25. The Labute approximate surface area is 58.7 Å². The van der Waals surface area contributed by atoms with Gasteiger partial charge in [-0.25, -0.2) is 0 Å².